The van der Waals surface area contributed by atoms with Crippen molar-refractivity contribution in [2.75, 3.05) is 19.6 Å². The minimum absolute atomic E-state index is 0.0808. The summed E-state index contributed by atoms with van der Waals surface area (Å²) < 4.78 is 0. The van der Waals surface area contributed by atoms with Gasteiger partial charge >= 0.3 is 5.97 Å². The van der Waals surface area contributed by atoms with Crippen molar-refractivity contribution in [3.63, 3.8) is 0 Å². The normalized spacial score (nSPS) is 23.0. The number of likely N-dealkylation sites (tertiary alicyclic amines) is 1. The van der Waals surface area contributed by atoms with Crippen LogP contribution in [0.5, 0.6) is 0 Å². The van der Waals surface area contributed by atoms with Crippen LogP contribution in [0, 0.1) is 5.41 Å². The number of carbonyl (C=O) groups is 3. The van der Waals surface area contributed by atoms with E-state index < -0.39 is 5.97 Å². The first-order valence-corrected chi connectivity index (χ1v) is 8.68. The zero-order chi connectivity index (χ0) is 17.0. The highest BCUT2D eigenvalue weighted by Gasteiger charge is 2.50. The van der Waals surface area contributed by atoms with Crippen LogP contribution < -0.4 is 0 Å². The highest BCUT2D eigenvalue weighted by atomic mass is 16.4. The highest BCUT2D eigenvalue weighted by Crippen LogP contribution is 2.51. The van der Waals surface area contributed by atoms with Crippen LogP contribution >= 0.6 is 0 Å². The molecule has 2 aliphatic rings. The lowest BCUT2D eigenvalue weighted by molar-refractivity contribution is -0.145. The summed E-state index contributed by atoms with van der Waals surface area (Å²) in [7, 11) is 0. The lowest BCUT2D eigenvalue weighted by Crippen LogP contribution is -2.43. The van der Waals surface area contributed by atoms with E-state index in [1.165, 1.54) is 11.8 Å². The Morgan fingerprint density at radius 3 is 2.43 bits per heavy atom. The molecule has 1 aliphatic carbocycles. The minimum atomic E-state index is -0.989. The van der Waals surface area contributed by atoms with E-state index >= 15 is 0 Å². The average molecular weight is 324 g/mol. The number of nitrogens with zero attached hydrogens (tertiary/aromatic N) is 2. The van der Waals surface area contributed by atoms with Gasteiger partial charge in [-0.25, -0.2) is 0 Å². The Morgan fingerprint density at radius 1 is 1.22 bits per heavy atom. The molecule has 0 aromatic carbocycles. The Balaban J connectivity index is 1.97. The first-order chi connectivity index (χ1) is 10.9. The van der Waals surface area contributed by atoms with Crippen LogP contribution in [0.2, 0.25) is 0 Å². The van der Waals surface area contributed by atoms with Gasteiger partial charge in [0.15, 0.2) is 0 Å². The summed E-state index contributed by atoms with van der Waals surface area (Å²) >= 11 is 0. The molecule has 0 aromatic rings. The summed E-state index contributed by atoms with van der Waals surface area (Å²) in [4.78, 5) is 38.9. The monoisotopic (exact) mass is 324 g/mol. The molecular weight excluding hydrogens is 296 g/mol. The van der Waals surface area contributed by atoms with E-state index in [9.17, 15) is 14.4 Å². The molecule has 6 heteroatoms. The molecule has 130 valence electrons. The van der Waals surface area contributed by atoms with Crippen molar-refractivity contribution in [3.05, 3.63) is 0 Å². The molecule has 0 aromatic heterocycles. The summed E-state index contributed by atoms with van der Waals surface area (Å²) in [6, 6.07) is -0.0808. The van der Waals surface area contributed by atoms with Crippen molar-refractivity contribution < 1.29 is 19.5 Å². The van der Waals surface area contributed by atoms with Gasteiger partial charge in [-0.1, -0.05) is 13.3 Å². The molecule has 1 N–H and O–H groups in total. The van der Waals surface area contributed by atoms with E-state index in [2.05, 4.69) is 6.92 Å². The van der Waals surface area contributed by atoms with Crippen LogP contribution in [0.15, 0.2) is 0 Å². The van der Waals surface area contributed by atoms with Gasteiger partial charge in [-0.15, -0.1) is 0 Å². The van der Waals surface area contributed by atoms with Crippen molar-refractivity contribution in [1.29, 1.82) is 0 Å². The molecule has 1 saturated carbocycles. The number of carboxylic acid groups (broad SMARTS) is 1. The second-order valence-electron chi connectivity index (χ2n) is 6.95. The summed E-state index contributed by atoms with van der Waals surface area (Å²) in [5.41, 5.74) is -0.115. The third kappa shape index (κ3) is 4.24. The number of carboxylic acids is 1. The fraction of sp³-hybridized carbons (Fsp3) is 0.824. The number of carbonyl (C=O) groups excluding carboxylic acids is 2. The zero-order valence-corrected chi connectivity index (χ0v) is 14.2. The number of rotatable bonds is 6. The van der Waals surface area contributed by atoms with Crippen LogP contribution in [0.25, 0.3) is 0 Å². The third-order valence-electron chi connectivity index (χ3n) is 5.17. The molecule has 1 atom stereocenters. The second kappa shape index (κ2) is 7.32. The maximum Gasteiger partial charge on any atom is 0.323 e. The smallest absolute Gasteiger partial charge is 0.323 e. The molecule has 6 nitrogen and oxygen atoms in total. The van der Waals surface area contributed by atoms with Crippen LogP contribution in [-0.2, 0) is 14.4 Å². The SMILES string of the molecule is CCCC1(C(=O)N2CCCC(N(CC(=O)O)C(C)=O)CC2)CC1. The van der Waals surface area contributed by atoms with Gasteiger partial charge in [0, 0.05) is 31.5 Å². The van der Waals surface area contributed by atoms with Gasteiger partial charge in [-0.2, -0.15) is 0 Å². The van der Waals surface area contributed by atoms with Crippen molar-refractivity contribution >= 4 is 17.8 Å². The first-order valence-electron chi connectivity index (χ1n) is 8.68. The highest BCUT2D eigenvalue weighted by molar-refractivity contribution is 5.85. The van der Waals surface area contributed by atoms with E-state index in [0.717, 1.165) is 45.1 Å². The molecule has 0 radical (unpaired) electrons. The molecule has 2 rings (SSSR count). The minimum Gasteiger partial charge on any atom is -0.480 e. The Morgan fingerprint density at radius 2 is 1.91 bits per heavy atom. The number of aliphatic carboxylic acids is 1. The molecule has 23 heavy (non-hydrogen) atoms. The Bertz CT molecular complexity index is 473. The van der Waals surface area contributed by atoms with Gasteiger partial charge in [0.2, 0.25) is 11.8 Å². The number of amides is 2. The van der Waals surface area contributed by atoms with Crippen LogP contribution in [-0.4, -0.2) is 58.4 Å². The maximum absolute atomic E-state index is 12.8. The Hall–Kier alpha value is -1.59. The summed E-state index contributed by atoms with van der Waals surface area (Å²) in [5.74, 6) is -0.924. The molecule has 0 spiro atoms. The Labute approximate surface area is 137 Å². The van der Waals surface area contributed by atoms with Gasteiger partial charge in [0.05, 0.1) is 0 Å². The lowest BCUT2D eigenvalue weighted by atomic mass is 9.98. The number of hydrogen-bond donors (Lipinski definition) is 1. The summed E-state index contributed by atoms with van der Waals surface area (Å²) in [5, 5.41) is 8.99. The standard InChI is InChI=1S/C17H28N2O4/c1-3-7-17(8-9-17)16(23)18-10-4-5-14(6-11-18)19(13(2)20)12-15(21)22/h14H,3-12H2,1-2H3,(H,21,22). The lowest BCUT2D eigenvalue weighted by Gasteiger charge is -2.29. The van der Waals surface area contributed by atoms with Crippen molar-refractivity contribution in [2.45, 2.75) is 64.8 Å². The predicted octanol–water partition coefficient (Wildman–Crippen LogP) is 1.88. The summed E-state index contributed by atoms with van der Waals surface area (Å²) in [6.07, 6.45) is 6.24. The van der Waals surface area contributed by atoms with Gasteiger partial charge in [0.1, 0.15) is 6.54 Å². The first kappa shape index (κ1) is 17.8. The van der Waals surface area contributed by atoms with E-state index in [1.807, 2.05) is 4.90 Å². The quantitative estimate of drug-likeness (QED) is 0.809. The Kier molecular flexibility index (Phi) is 5.65. The molecule has 1 saturated heterocycles. The van der Waals surface area contributed by atoms with Gasteiger partial charge < -0.3 is 14.9 Å². The van der Waals surface area contributed by atoms with Crippen molar-refractivity contribution in [3.8, 4) is 0 Å². The van der Waals surface area contributed by atoms with Gasteiger partial charge in [0.25, 0.3) is 0 Å². The molecule has 2 fully saturated rings. The molecule has 1 unspecified atom stereocenters. The molecule has 1 aliphatic heterocycles. The fourth-order valence-electron chi connectivity index (χ4n) is 3.77. The second-order valence-corrected chi connectivity index (χ2v) is 6.95. The topological polar surface area (TPSA) is 77.9 Å². The fourth-order valence-corrected chi connectivity index (χ4v) is 3.77. The predicted molar refractivity (Wildman–Crippen MR) is 85.8 cm³/mol. The largest absolute Gasteiger partial charge is 0.480 e. The third-order valence-corrected chi connectivity index (χ3v) is 5.17. The van der Waals surface area contributed by atoms with E-state index in [0.29, 0.717) is 13.0 Å². The molecule has 0 bridgehead atoms. The van der Waals surface area contributed by atoms with Crippen LogP contribution in [0.3, 0.4) is 0 Å². The zero-order valence-electron chi connectivity index (χ0n) is 14.2. The van der Waals surface area contributed by atoms with E-state index in [-0.39, 0.29) is 29.8 Å². The van der Waals surface area contributed by atoms with E-state index in [4.69, 9.17) is 5.11 Å². The van der Waals surface area contributed by atoms with Gasteiger partial charge in [-0.05, 0) is 38.5 Å². The van der Waals surface area contributed by atoms with Crippen LogP contribution in [0.4, 0.5) is 0 Å². The van der Waals surface area contributed by atoms with Crippen molar-refractivity contribution in [1.82, 2.24) is 9.80 Å². The van der Waals surface area contributed by atoms with Crippen LogP contribution in [0.1, 0.15) is 58.8 Å². The maximum atomic E-state index is 12.8. The number of hydrogen-bond acceptors (Lipinski definition) is 3. The summed E-state index contributed by atoms with van der Waals surface area (Å²) in [6.45, 7) is 4.62. The molecule has 1 heterocycles. The van der Waals surface area contributed by atoms with Gasteiger partial charge in [-0.3, -0.25) is 14.4 Å². The van der Waals surface area contributed by atoms with E-state index in [1.54, 1.807) is 0 Å². The van der Waals surface area contributed by atoms with Crippen molar-refractivity contribution in [2.24, 2.45) is 5.41 Å². The average Bonchev–Trinajstić information content (AvgIpc) is 3.28. The molecule has 2 amide bonds. The molecular formula is C17H28N2O4.